The number of fused-ring (bicyclic) bond motifs is 1. The Morgan fingerprint density at radius 3 is 2.58 bits per heavy atom. The van der Waals surface area contributed by atoms with E-state index in [0.717, 1.165) is 18.9 Å². The number of nitrogen functional groups attached to an aromatic ring is 1. The molecule has 1 aromatic carbocycles. The summed E-state index contributed by atoms with van der Waals surface area (Å²) in [5.74, 6) is 5.09. The number of anilines is 1. The minimum Gasteiger partial charge on any atom is -0.360 e. The number of halogens is 1. The van der Waals surface area contributed by atoms with Crippen LogP contribution in [0.15, 0.2) is 15.7 Å². The van der Waals surface area contributed by atoms with Gasteiger partial charge in [-0.1, -0.05) is 0 Å². The predicted molar refractivity (Wildman–Crippen MR) is 96.3 cm³/mol. The maximum absolute atomic E-state index is 15.0. The first-order valence-electron chi connectivity index (χ1n) is 8.67. The van der Waals surface area contributed by atoms with Gasteiger partial charge in [0.05, 0.1) is 22.6 Å². The Bertz CT molecular complexity index is 1010. The maximum atomic E-state index is 15.0. The molecule has 2 atom stereocenters. The molecule has 2 aromatic rings. The maximum Gasteiger partial charge on any atom is 0.350 e. The molecule has 2 unspecified atom stereocenters. The molecular formula is C17H22FN5O3. The van der Waals surface area contributed by atoms with Gasteiger partial charge in [-0.2, -0.15) is 4.68 Å². The van der Waals surface area contributed by atoms with Crippen molar-refractivity contribution < 1.29 is 9.13 Å². The predicted octanol–water partition coefficient (Wildman–Crippen LogP) is 0.169. The molecule has 9 heteroatoms. The highest BCUT2D eigenvalue weighted by atomic mass is 19.1. The van der Waals surface area contributed by atoms with Gasteiger partial charge in [-0.15, -0.1) is 0 Å². The van der Waals surface area contributed by atoms with Gasteiger partial charge in [-0.05, 0) is 32.3 Å². The van der Waals surface area contributed by atoms with Crippen LogP contribution >= 0.6 is 0 Å². The highest BCUT2D eigenvalue weighted by molar-refractivity contribution is 5.87. The number of benzene rings is 1. The second-order valence-corrected chi connectivity index (χ2v) is 7.06. The van der Waals surface area contributed by atoms with Crippen LogP contribution in [0, 0.1) is 12.7 Å². The molecule has 1 aliphatic carbocycles. The number of hydrogen-bond donors (Lipinski definition) is 2. The lowest BCUT2D eigenvalue weighted by molar-refractivity contribution is 0.0976. The van der Waals surface area contributed by atoms with Crippen molar-refractivity contribution in [2.75, 3.05) is 24.4 Å². The van der Waals surface area contributed by atoms with Crippen LogP contribution in [0.25, 0.3) is 10.9 Å². The molecule has 140 valence electrons. The van der Waals surface area contributed by atoms with E-state index in [2.05, 4.69) is 0 Å². The van der Waals surface area contributed by atoms with Crippen LogP contribution in [0.2, 0.25) is 0 Å². The van der Waals surface area contributed by atoms with Gasteiger partial charge in [0.25, 0.3) is 5.56 Å². The second-order valence-electron chi connectivity index (χ2n) is 7.06. The van der Waals surface area contributed by atoms with Gasteiger partial charge in [-0.3, -0.25) is 9.36 Å². The third kappa shape index (κ3) is 2.27. The van der Waals surface area contributed by atoms with Gasteiger partial charge >= 0.3 is 5.69 Å². The molecule has 1 saturated heterocycles. The SMILES string of the molecule is COC1C(N)CCN1c1c(F)cc2c(=O)n(N)c(=O)n(C3CC3)c2c1C. The van der Waals surface area contributed by atoms with Gasteiger partial charge in [0.2, 0.25) is 0 Å². The van der Waals surface area contributed by atoms with Crippen LogP contribution in [-0.2, 0) is 4.74 Å². The van der Waals surface area contributed by atoms with Crippen LogP contribution in [0.4, 0.5) is 10.1 Å². The molecule has 8 nitrogen and oxygen atoms in total. The number of hydrogen-bond acceptors (Lipinski definition) is 6. The van der Waals surface area contributed by atoms with E-state index in [1.54, 1.807) is 11.8 Å². The first kappa shape index (κ1) is 17.0. The first-order valence-corrected chi connectivity index (χ1v) is 8.67. The molecule has 26 heavy (non-hydrogen) atoms. The minimum absolute atomic E-state index is 0.0172. The summed E-state index contributed by atoms with van der Waals surface area (Å²) in [6.07, 6.45) is 1.86. The molecular weight excluding hydrogens is 341 g/mol. The van der Waals surface area contributed by atoms with Crippen LogP contribution in [0.1, 0.15) is 30.9 Å². The normalized spacial score (nSPS) is 23.2. The number of ether oxygens (including phenoxy) is 1. The fraction of sp³-hybridized carbons (Fsp3) is 0.529. The standard InChI is InChI=1S/C17H22FN5O3/c1-8-13-10(15(24)23(20)17(25)22(13)9-3-4-9)7-11(18)14(8)21-6-5-12(19)16(21)26-2/h7,9,12,16H,3-6,19-20H2,1-2H3. The molecule has 1 aliphatic heterocycles. The van der Waals surface area contributed by atoms with Gasteiger partial charge < -0.3 is 21.2 Å². The number of aromatic nitrogens is 2. The number of methoxy groups -OCH3 is 1. The molecule has 1 aromatic heterocycles. The van der Waals surface area contributed by atoms with E-state index in [1.807, 2.05) is 0 Å². The fourth-order valence-electron chi connectivity index (χ4n) is 4.01. The zero-order valence-corrected chi connectivity index (χ0v) is 14.7. The number of aryl methyl sites for hydroxylation is 1. The Hall–Kier alpha value is -2.39. The Morgan fingerprint density at radius 1 is 1.27 bits per heavy atom. The van der Waals surface area contributed by atoms with E-state index >= 15 is 4.39 Å². The van der Waals surface area contributed by atoms with Gasteiger partial charge in [0.1, 0.15) is 12.0 Å². The Balaban J connectivity index is 2.06. The van der Waals surface area contributed by atoms with Crippen molar-refractivity contribution in [2.24, 2.45) is 5.73 Å². The summed E-state index contributed by atoms with van der Waals surface area (Å²) >= 11 is 0. The third-order valence-corrected chi connectivity index (χ3v) is 5.38. The molecule has 4 rings (SSSR count). The van der Waals surface area contributed by atoms with Crippen molar-refractivity contribution in [1.82, 2.24) is 9.24 Å². The lowest BCUT2D eigenvalue weighted by Gasteiger charge is -2.30. The molecule has 2 aliphatic rings. The summed E-state index contributed by atoms with van der Waals surface area (Å²) in [6.45, 7) is 2.25. The molecule has 2 fully saturated rings. The Morgan fingerprint density at radius 2 is 1.96 bits per heavy atom. The highest BCUT2D eigenvalue weighted by Crippen LogP contribution is 2.39. The van der Waals surface area contributed by atoms with Crippen molar-refractivity contribution in [3.63, 3.8) is 0 Å². The van der Waals surface area contributed by atoms with Gasteiger partial charge in [0.15, 0.2) is 0 Å². The zero-order chi connectivity index (χ0) is 18.7. The summed E-state index contributed by atoms with van der Waals surface area (Å²) in [7, 11) is 1.53. The van der Waals surface area contributed by atoms with Gasteiger partial charge in [0, 0.05) is 25.3 Å². The van der Waals surface area contributed by atoms with Gasteiger partial charge in [-0.25, -0.2) is 9.18 Å². The smallest absolute Gasteiger partial charge is 0.350 e. The average molecular weight is 363 g/mol. The van der Waals surface area contributed by atoms with E-state index in [0.29, 0.717) is 34.4 Å². The third-order valence-electron chi connectivity index (χ3n) is 5.38. The molecule has 2 heterocycles. The van der Waals surface area contributed by atoms with Crippen molar-refractivity contribution in [3.05, 3.63) is 38.3 Å². The van der Waals surface area contributed by atoms with E-state index in [1.165, 1.54) is 11.7 Å². The molecule has 0 bridgehead atoms. The summed E-state index contributed by atoms with van der Waals surface area (Å²) < 4.78 is 22.5. The van der Waals surface area contributed by atoms with E-state index in [-0.39, 0.29) is 17.5 Å². The van der Waals surface area contributed by atoms with Crippen molar-refractivity contribution in [3.8, 4) is 0 Å². The summed E-state index contributed by atoms with van der Waals surface area (Å²) in [5, 5.41) is 0.107. The number of rotatable bonds is 3. The number of nitrogens with two attached hydrogens (primary N) is 2. The largest absolute Gasteiger partial charge is 0.360 e. The molecule has 4 N–H and O–H groups in total. The van der Waals surface area contributed by atoms with E-state index < -0.39 is 23.3 Å². The molecule has 1 saturated carbocycles. The van der Waals surface area contributed by atoms with Crippen molar-refractivity contribution in [2.45, 2.75) is 44.5 Å². The van der Waals surface area contributed by atoms with Crippen molar-refractivity contribution >= 4 is 16.6 Å². The monoisotopic (exact) mass is 363 g/mol. The molecule has 0 amide bonds. The van der Waals surface area contributed by atoms with Crippen molar-refractivity contribution in [1.29, 1.82) is 0 Å². The average Bonchev–Trinajstić information content (AvgIpc) is 3.37. The Kier molecular flexibility index (Phi) is 3.81. The fourth-order valence-corrected chi connectivity index (χ4v) is 4.01. The summed E-state index contributed by atoms with van der Waals surface area (Å²) in [6, 6.07) is 0.909. The first-order chi connectivity index (χ1) is 12.4. The minimum atomic E-state index is -0.697. The van der Waals surface area contributed by atoms with Crippen LogP contribution in [0.3, 0.4) is 0 Å². The summed E-state index contributed by atoms with van der Waals surface area (Å²) in [4.78, 5) is 26.8. The van der Waals surface area contributed by atoms with Crippen LogP contribution < -0.4 is 27.7 Å². The van der Waals surface area contributed by atoms with E-state index in [9.17, 15) is 9.59 Å². The quantitative estimate of drug-likeness (QED) is 0.753. The van der Waals surface area contributed by atoms with Crippen LogP contribution in [0.5, 0.6) is 0 Å². The summed E-state index contributed by atoms with van der Waals surface area (Å²) in [5.41, 5.74) is 6.08. The molecule has 0 spiro atoms. The topological polar surface area (TPSA) is 109 Å². The number of nitrogens with zero attached hydrogens (tertiary/aromatic N) is 3. The lowest BCUT2D eigenvalue weighted by atomic mass is 10.1. The van der Waals surface area contributed by atoms with Crippen LogP contribution in [-0.4, -0.2) is 35.2 Å². The second kappa shape index (κ2) is 5.82. The lowest BCUT2D eigenvalue weighted by Crippen LogP contribution is -2.45. The highest BCUT2D eigenvalue weighted by Gasteiger charge is 2.36. The van der Waals surface area contributed by atoms with E-state index in [4.69, 9.17) is 16.3 Å². The Labute approximate surface area is 148 Å². The molecule has 0 radical (unpaired) electrons. The zero-order valence-electron chi connectivity index (χ0n) is 14.7.